The minimum absolute atomic E-state index is 0.682. The molecule has 1 radical (unpaired) electrons. The topological polar surface area (TPSA) is 3.24 Å². The van der Waals surface area contributed by atoms with Crippen molar-refractivity contribution in [3.05, 3.63) is 29.8 Å². The molecule has 2 fully saturated rings. The Bertz CT molecular complexity index is 586. The molecule has 28 heavy (non-hydrogen) atoms. The summed E-state index contributed by atoms with van der Waals surface area (Å²) < 4.78 is 0. The van der Waals surface area contributed by atoms with Crippen LogP contribution in [0.15, 0.2) is 18.2 Å². The first-order chi connectivity index (χ1) is 13.3. The zero-order chi connectivity index (χ0) is 20.4. The lowest BCUT2D eigenvalue weighted by atomic mass is 9.69. The molecule has 3 rings (SSSR count). The third kappa shape index (κ3) is 4.77. The molecule has 0 aliphatic heterocycles. The highest BCUT2D eigenvalue weighted by Crippen LogP contribution is 2.44. The summed E-state index contributed by atoms with van der Waals surface area (Å²) in [6, 6.07) is 11.7. The van der Waals surface area contributed by atoms with Gasteiger partial charge in [-0.25, -0.2) is 0 Å². The van der Waals surface area contributed by atoms with Crippen LogP contribution in [0.25, 0.3) is 0 Å². The van der Waals surface area contributed by atoms with E-state index in [2.05, 4.69) is 77.6 Å². The molecule has 0 N–H and O–H groups in total. The van der Waals surface area contributed by atoms with Crippen LogP contribution in [0.5, 0.6) is 0 Å². The van der Waals surface area contributed by atoms with Crippen molar-refractivity contribution in [2.75, 3.05) is 4.90 Å². The molecule has 1 aromatic carbocycles. The SMILES string of the molecule is Cc1[c]ccc(N(C2CC(C)CCC2C(C)C)C2CC(C)CCC2C(C)C)c1. The van der Waals surface area contributed by atoms with Crippen LogP contribution in [-0.4, -0.2) is 12.1 Å². The van der Waals surface area contributed by atoms with Crippen molar-refractivity contribution in [3.8, 4) is 0 Å². The van der Waals surface area contributed by atoms with Crippen LogP contribution in [-0.2, 0) is 0 Å². The van der Waals surface area contributed by atoms with Gasteiger partial charge in [0.2, 0.25) is 0 Å². The lowest BCUT2D eigenvalue weighted by molar-refractivity contribution is 0.136. The van der Waals surface area contributed by atoms with Gasteiger partial charge in [0.25, 0.3) is 0 Å². The summed E-state index contributed by atoms with van der Waals surface area (Å²) in [5.74, 6) is 4.83. The molecule has 0 aromatic heterocycles. The van der Waals surface area contributed by atoms with E-state index in [9.17, 15) is 0 Å². The minimum Gasteiger partial charge on any atom is -0.365 e. The van der Waals surface area contributed by atoms with Gasteiger partial charge in [-0.3, -0.25) is 0 Å². The van der Waals surface area contributed by atoms with Crippen LogP contribution in [0.2, 0.25) is 0 Å². The number of benzene rings is 1. The quantitative estimate of drug-likeness (QED) is 0.509. The van der Waals surface area contributed by atoms with Crippen molar-refractivity contribution < 1.29 is 0 Å². The maximum absolute atomic E-state index is 3.39. The highest BCUT2D eigenvalue weighted by atomic mass is 15.2. The molecule has 157 valence electrons. The van der Waals surface area contributed by atoms with E-state index < -0.39 is 0 Å². The van der Waals surface area contributed by atoms with Gasteiger partial charge in [0.1, 0.15) is 0 Å². The fraction of sp³-hybridized carbons (Fsp3) is 0.778. The predicted molar refractivity (Wildman–Crippen MR) is 123 cm³/mol. The summed E-state index contributed by atoms with van der Waals surface area (Å²) in [5.41, 5.74) is 2.74. The largest absolute Gasteiger partial charge is 0.365 e. The lowest BCUT2D eigenvalue weighted by Gasteiger charge is -2.53. The highest BCUT2D eigenvalue weighted by molar-refractivity contribution is 5.51. The number of anilines is 1. The van der Waals surface area contributed by atoms with Gasteiger partial charge in [-0.15, -0.1) is 0 Å². The van der Waals surface area contributed by atoms with Gasteiger partial charge < -0.3 is 4.90 Å². The second kappa shape index (κ2) is 9.23. The van der Waals surface area contributed by atoms with E-state index in [4.69, 9.17) is 0 Å². The minimum atomic E-state index is 0.682. The summed E-state index contributed by atoms with van der Waals surface area (Å²) in [7, 11) is 0. The van der Waals surface area contributed by atoms with Crippen molar-refractivity contribution in [2.24, 2.45) is 35.5 Å². The van der Waals surface area contributed by atoms with E-state index in [1.54, 1.807) is 0 Å². The first kappa shape index (κ1) is 21.7. The molecular formula is C27H44N. The summed E-state index contributed by atoms with van der Waals surface area (Å²) >= 11 is 0. The van der Waals surface area contributed by atoms with Crippen LogP contribution < -0.4 is 4.90 Å². The third-order valence-corrected chi connectivity index (χ3v) is 7.92. The molecule has 0 bridgehead atoms. The van der Waals surface area contributed by atoms with E-state index in [-0.39, 0.29) is 0 Å². The van der Waals surface area contributed by atoms with Gasteiger partial charge in [-0.1, -0.05) is 60.5 Å². The van der Waals surface area contributed by atoms with Gasteiger partial charge in [0.15, 0.2) is 0 Å². The molecule has 1 aromatic rings. The Kier molecular flexibility index (Phi) is 7.16. The molecule has 2 aliphatic carbocycles. The standard InChI is InChI=1S/C27H44N/c1-18(2)24-13-11-21(6)16-26(24)28(23-10-8-9-20(5)15-23)27-17-22(7)12-14-25(27)19(3)4/h8,10,15,18-19,21-22,24-27H,11-14,16-17H2,1-7H3. The molecule has 6 unspecified atom stereocenters. The van der Waals surface area contributed by atoms with E-state index in [0.717, 1.165) is 35.5 Å². The zero-order valence-corrected chi connectivity index (χ0v) is 19.5. The van der Waals surface area contributed by atoms with E-state index in [1.807, 2.05) is 0 Å². The molecule has 0 amide bonds. The van der Waals surface area contributed by atoms with Crippen molar-refractivity contribution in [3.63, 3.8) is 0 Å². The average molecular weight is 383 g/mol. The van der Waals surface area contributed by atoms with Crippen molar-refractivity contribution in [2.45, 2.75) is 99.1 Å². The summed E-state index contributed by atoms with van der Waals surface area (Å²) in [6.07, 6.45) is 8.32. The summed E-state index contributed by atoms with van der Waals surface area (Å²) in [4.78, 5) is 2.95. The van der Waals surface area contributed by atoms with Crippen LogP contribution in [0.4, 0.5) is 5.69 Å². The molecule has 6 atom stereocenters. The van der Waals surface area contributed by atoms with Crippen LogP contribution in [0.1, 0.15) is 85.6 Å². The fourth-order valence-electron chi connectivity index (χ4n) is 6.30. The fourth-order valence-corrected chi connectivity index (χ4v) is 6.30. The Balaban J connectivity index is 2.05. The summed E-state index contributed by atoms with van der Waals surface area (Å²) in [6.45, 7) is 17.0. The van der Waals surface area contributed by atoms with Crippen molar-refractivity contribution in [1.82, 2.24) is 0 Å². The van der Waals surface area contributed by atoms with Crippen molar-refractivity contribution >= 4 is 5.69 Å². The van der Waals surface area contributed by atoms with Gasteiger partial charge in [0, 0.05) is 17.8 Å². The normalized spacial score (nSPS) is 34.0. The zero-order valence-electron chi connectivity index (χ0n) is 19.5. The highest BCUT2D eigenvalue weighted by Gasteiger charge is 2.42. The number of aryl methyl sites for hydroxylation is 1. The van der Waals surface area contributed by atoms with Crippen LogP contribution in [0.3, 0.4) is 0 Å². The molecular weight excluding hydrogens is 338 g/mol. The number of hydrogen-bond donors (Lipinski definition) is 0. The summed E-state index contributed by atoms with van der Waals surface area (Å²) in [5, 5.41) is 0. The van der Waals surface area contributed by atoms with Gasteiger partial charge in [-0.05, 0) is 91.9 Å². The van der Waals surface area contributed by atoms with Gasteiger partial charge in [0.05, 0.1) is 0 Å². The predicted octanol–water partition coefficient (Wildman–Crippen LogP) is 7.52. The van der Waals surface area contributed by atoms with E-state index in [1.165, 1.54) is 49.8 Å². The average Bonchev–Trinajstić information content (AvgIpc) is 2.61. The number of nitrogens with zero attached hydrogens (tertiary/aromatic N) is 1. The maximum atomic E-state index is 3.39. The van der Waals surface area contributed by atoms with E-state index >= 15 is 0 Å². The molecule has 0 saturated heterocycles. The second-order valence-electron chi connectivity index (χ2n) is 10.9. The third-order valence-electron chi connectivity index (χ3n) is 7.92. The lowest BCUT2D eigenvalue weighted by Crippen LogP contribution is -2.55. The Hall–Kier alpha value is -0.980. The first-order valence-electron chi connectivity index (χ1n) is 12.0. The van der Waals surface area contributed by atoms with Crippen LogP contribution in [0, 0.1) is 48.5 Å². The van der Waals surface area contributed by atoms with Crippen molar-refractivity contribution in [1.29, 1.82) is 0 Å². The maximum Gasteiger partial charge on any atom is 0.0374 e. The Morgan fingerprint density at radius 2 is 1.36 bits per heavy atom. The monoisotopic (exact) mass is 382 g/mol. The first-order valence-corrected chi connectivity index (χ1v) is 12.0. The molecule has 2 saturated carbocycles. The van der Waals surface area contributed by atoms with E-state index in [0.29, 0.717) is 12.1 Å². The number of rotatable bonds is 5. The molecule has 0 spiro atoms. The smallest absolute Gasteiger partial charge is 0.0374 e. The molecule has 1 heteroatoms. The Morgan fingerprint density at radius 3 is 1.79 bits per heavy atom. The number of hydrogen-bond acceptors (Lipinski definition) is 1. The Labute approximate surface area is 175 Å². The molecule has 2 aliphatic rings. The van der Waals surface area contributed by atoms with Gasteiger partial charge in [-0.2, -0.15) is 0 Å². The molecule has 0 heterocycles. The van der Waals surface area contributed by atoms with Gasteiger partial charge >= 0.3 is 0 Å². The Morgan fingerprint density at radius 1 is 0.857 bits per heavy atom. The van der Waals surface area contributed by atoms with Crippen LogP contribution >= 0.6 is 0 Å². The molecule has 1 nitrogen and oxygen atoms in total. The second-order valence-corrected chi connectivity index (χ2v) is 10.9.